The van der Waals surface area contributed by atoms with Gasteiger partial charge in [-0.2, -0.15) is 0 Å². The zero-order chi connectivity index (χ0) is 16.4. The summed E-state index contributed by atoms with van der Waals surface area (Å²) in [6.45, 7) is 9.45. The number of allylic oxidation sites excluding steroid dienone is 3. The summed E-state index contributed by atoms with van der Waals surface area (Å²) in [7, 11) is 1.77. The van der Waals surface area contributed by atoms with Crippen molar-refractivity contribution < 1.29 is 4.74 Å². The van der Waals surface area contributed by atoms with Gasteiger partial charge < -0.3 is 9.30 Å². The van der Waals surface area contributed by atoms with E-state index >= 15 is 0 Å². The number of aromatic nitrogens is 1. The number of rotatable bonds is 7. The first-order valence-electron chi connectivity index (χ1n) is 8.07. The quantitative estimate of drug-likeness (QED) is 0.625. The Hall–Kier alpha value is -1.72. The Morgan fingerprint density at radius 1 is 1.36 bits per heavy atom. The van der Waals surface area contributed by atoms with Crippen LogP contribution in [0.5, 0.6) is 0 Å². The van der Waals surface area contributed by atoms with E-state index in [0.717, 1.165) is 18.5 Å². The molecule has 1 heterocycles. The predicted molar refractivity (Wildman–Crippen MR) is 94.7 cm³/mol. The fraction of sp³-hybridized carbons (Fsp3) is 0.500. The van der Waals surface area contributed by atoms with Gasteiger partial charge in [-0.05, 0) is 56.9 Å². The topological polar surface area (TPSA) is 14.2 Å². The van der Waals surface area contributed by atoms with Crippen molar-refractivity contribution in [1.29, 1.82) is 0 Å². The monoisotopic (exact) mass is 299 g/mol. The van der Waals surface area contributed by atoms with Crippen molar-refractivity contribution in [2.75, 3.05) is 7.11 Å². The number of ether oxygens (including phenoxy) is 1. The third kappa shape index (κ3) is 6.83. The van der Waals surface area contributed by atoms with E-state index in [1.54, 1.807) is 7.11 Å². The molecule has 120 valence electrons. The van der Waals surface area contributed by atoms with Crippen LogP contribution in [0.15, 0.2) is 41.8 Å². The highest BCUT2D eigenvalue weighted by molar-refractivity contribution is 5.32. The number of unbranched alkanes of at least 4 members (excludes halogenated alkanes) is 1. The first kappa shape index (κ1) is 18.3. The van der Waals surface area contributed by atoms with E-state index in [4.69, 9.17) is 4.74 Å². The summed E-state index contributed by atoms with van der Waals surface area (Å²) < 4.78 is 7.88. The molecule has 0 N–H and O–H groups in total. The molecule has 0 radical (unpaired) electrons. The molecule has 0 fully saturated rings. The van der Waals surface area contributed by atoms with Crippen LogP contribution < -0.4 is 0 Å². The molecule has 0 saturated heterocycles. The first-order chi connectivity index (χ1) is 10.6. The van der Waals surface area contributed by atoms with E-state index in [1.165, 1.54) is 24.0 Å². The lowest BCUT2D eigenvalue weighted by Gasteiger charge is -2.11. The lowest BCUT2D eigenvalue weighted by atomic mass is 10.1. The molecule has 1 unspecified atom stereocenters. The van der Waals surface area contributed by atoms with Gasteiger partial charge in [0.05, 0.1) is 6.10 Å². The van der Waals surface area contributed by atoms with Gasteiger partial charge >= 0.3 is 0 Å². The Morgan fingerprint density at radius 3 is 2.77 bits per heavy atom. The number of methoxy groups -OCH3 is 1. The molecule has 0 bridgehead atoms. The van der Waals surface area contributed by atoms with Gasteiger partial charge in [0.2, 0.25) is 0 Å². The average Bonchev–Trinajstić information content (AvgIpc) is 2.94. The van der Waals surface area contributed by atoms with Crippen LogP contribution in [0.1, 0.15) is 58.6 Å². The molecular formula is C20H29NO. The molecule has 1 atom stereocenters. The van der Waals surface area contributed by atoms with Crippen molar-refractivity contribution in [1.82, 2.24) is 4.57 Å². The largest absolute Gasteiger partial charge is 0.376 e. The van der Waals surface area contributed by atoms with Crippen molar-refractivity contribution >= 4 is 0 Å². The molecule has 0 spiro atoms. The van der Waals surface area contributed by atoms with Crippen molar-refractivity contribution in [3.63, 3.8) is 0 Å². The highest BCUT2D eigenvalue weighted by atomic mass is 16.5. The van der Waals surface area contributed by atoms with E-state index in [2.05, 4.69) is 61.7 Å². The molecule has 0 aliphatic rings. The minimum atomic E-state index is 0.100. The Balaban J connectivity index is 2.65. The highest BCUT2D eigenvalue weighted by Crippen LogP contribution is 2.22. The molecule has 22 heavy (non-hydrogen) atoms. The Morgan fingerprint density at radius 2 is 2.14 bits per heavy atom. The number of hydrogen-bond donors (Lipinski definition) is 0. The van der Waals surface area contributed by atoms with Crippen LogP contribution in [0.3, 0.4) is 0 Å². The van der Waals surface area contributed by atoms with E-state index in [-0.39, 0.29) is 6.10 Å². The van der Waals surface area contributed by atoms with E-state index < -0.39 is 0 Å². The molecule has 1 rings (SSSR count). The fourth-order valence-electron chi connectivity index (χ4n) is 2.13. The van der Waals surface area contributed by atoms with E-state index in [1.807, 2.05) is 13.0 Å². The van der Waals surface area contributed by atoms with Gasteiger partial charge in [-0.3, -0.25) is 0 Å². The summed E-state index contributed by atoms with van der Waals surface area (Å²) in [4.78, 5) is 0. The summed E-state index contributed by atoms with van der Waals surface area (Å²) in [5.74, 6) is 6.22. The third-order valence-corrected chi connectivity index (χ3v) is 3.47. The number of nitrogens with zero attached hydrogens (tertiary/aromatic N) is 1. The summed E-state index contributed by atoms with van der Waals surface area (Å²) in [5, 5.41) is 0. The van der Waals surface area contributed by atoms with Gasteiger partial charge in [0.15, 0.2) is 0 Å². The Labute approximate surface area is 135 Å². The SMILES string of the molecule is CCCCn1ccc(C(C/C=C(\C)C#CC=C(C)C)OC)c1. The normalized spacial score (nSPS) is 12.5. The zero-order valence-corrected chi connectivity index (χ0v) is 14.6. The predicted octanol–water partition coefficient (Wildman–Crippen LogP) is 5.28. The Bertz CT molecular complexity index is 562. The van der Waals surface area contributed by atoms with E-state index in [0.29, 0.717) is 0 Å². The minimum absolute atomic E-state index is 0.100. The maximum Gasteiger partial charge on any atom is 0.0870 e. The second-order valence-corrected chi connectivity index (χ2v) is 5.87. The van der Waals surface area contributed by atoms with Crippen LogP contribution in [0.25, 0.3) is 0 Å². The molecular weight excluding hydrogens is 270 g/mol. The molecule has 0 saturated carbocycles. The van der Waals surface area contributed by atoms with Gasteiger partial charge in [-0.25, -0.2) is 0 Å². The summed E-state index contributed by atoms with van der Waals surface area (Å²) in [6, 6.07) is 2.15. The van der Waals surface area contributed by atoms with Gasteiger partial charge in [0.1, 0.15) is 0 Å². The standard InChI is InChI=1S/C20H29NO/c1-6-7-14-21-15-13-19(16-21)20(22-5)12-11-18(4)10-8-9-17(2)3/h9,11,13,15-16,20H,6-7,12,14H2,1-5H3/b18-11+. The molecule has 2 heteroatoms. The molecule has 0 aliphatic carbocycles. The average molecular weight is 299 g/mol. The molecule has 0 aromatic carbocycles. The molecule has 0 aliphatic heterocycles. The number of hydrogen-bond acceptors (Lipinski definition) is 1. The molecule has 2 nitrogen and oxygen atoms in total. The minimum Gasteiger partial charge on any atom is -0.376 e. The Kier molecular flexibility index (Phi) is 8.40. The van der Waals surface area contributed by atoms with Gasteiger partial charge in [0.25, 0.3) is 0 Å². The van der Waals surface area contributed by atoms with Gasteiger partial charge in [-0.1, -0.05) is 36.8 Å². The van der Waals surface area contributed by atoms with Crippen LogP contribution in [-0.4, -0.2) is 11.7 Å². The van der Waals surface area contributed by atoms with Crippen molar-refractivity contribution in [3.8, 4) is 11.8 Å². The van der Waals surface area contributed by atoms with Gasteiger partial charge in [0, 0.05) is 26.0 Å². The summed E-state index contributed by atoms with van der Waals surface area (Å²) >= 11 is 0. The van der Waals surface area contributed by atoms with Crippen LogP contribution in [0.4, 0.5) is 0 Å². The second-order valence-electron chi connectivity index (χ2n) is 5.87. The zero-order valence-electron chi connectivity index (χ0n) is 14.6. The fourth-order valence-corrected chi connectivity index (χ4v) is 2.13. The van der Waals surface area contributed by atoms with Gasteiger partial charge in [-0.15, -0.1) is 0 Å². The third-order valence-electron chi connectivity index (χ3n) is 3.47. The highest BCUT2D eigenvalue weighted by Gasteiger charge is 2.10. The summed E-state index contributed by atoms with van der Waals surface area (Å²) in [5.41, 5.74) is 3.55. The van der Waals surface area contributed by atoms with Crippen LogP contribution in [0.2, 0.25) is 0 Å². The maximum absolute atomic E-state index is 5.63. The second kappa shape index (κ2) is 10.1. The first-order valence-corrected chi connectivity index (χ1v) is 8.07. The molecule has 1 aromatic rings. The van der Waals surface area contributed by atoms with Crippen LogP contribution in [-0.2, 0) is 11.3 Å². The van der Waals surface area contributed by atoms with Crippen LogP contribution in [0, 0.1) is 11.8 Å². The lowest BCUT2D eigenvalue weighted by molar-refractivity contribution is 0.106. The van der Waals surface area contributed by atoms with Crippen molar-refractivity contribution in [2.45, 2.75) is 59.6 Å². The maximum atomic E-state index is 5.63. The van der Waals surface area contributed by atoms with E-state index in [9.17, 15) is 0 Å². The van der Waals surface area contributed by atoms with Crippen LogP contribution >= 0.6 is 0 Å². The van der Waals surface area contributed by atoms with Crippen molar-refractivity contribution in [2.24, 2.45) is 0 Å². The number of aryl methyl sites for hydroxylation is 1. The lowest BCUT2D eigenvalue weighted by Crippen LogP contribution is -2.00. The smallest absolute Gasteiger partial charge is 0.0870 e. The molecule has 1 aromatic heterocycles. The summed E-state index contributed by atoms with van der Waals surface area (Å²) in [6.07, 6.45) is 11.8. The van der Waals surface area contributed by atoms with Crippen molar-refractivity contribution in [3.05, 3.63) is 47.3 Å². The molecule has 0 amide bonds.